The third-order valence-electron chi connectivity index (χ3n) is 6.49. The summed E-state index contributed by atoms with van der Waals surface area (Å²) in [5.41, 5.74) is 2.70. The second-order valence-electron chi connectivity index (χ2n) is 9.01. The lowest BCUT2D eigenvalue weighted by Gasteiger charge is -2.34. The standard InChI is InChI=1S/C28H30ClN3O4/c1-3-24(30-18(2)33)28(35)32-16-14-20(15-17-32)19-6-10-23(11-7-19)31-27(34)26-13-12-25(36-26)21-4-8-22(29)9-5-21/h4-13,20,24H,3,14-17H2,1-2H3,(H,30,33)(H,31,34). The van der Waals surface area contributed by atoms with Crippen molar-refractivity contribution in [2.24, 2.45) is 0 Å². The van der Waals surface area contributed by atoms with Gasteiger partial charge >= 0.3 is 0 Å². The van der Waals surface area contributed by atoms with Gasteiger partial charge in [-0.1, -0.05) is 30.7 Å². The van der Waals surface area contributed by atoms with Gasteiger partial charge in [0.2, 0.25) is 11.8 Å². The molecule has 36 heavy (non-hydrogen) atoms. The molecule has 0 radical (unpaired) electrons. The van der Waals surface area contributed by atoms with Gasteiger partial charge in [0, 0.05) is 36.3 Å². The molecule has 7 nitrogen and oxygen atoms in total. The third kappa shape index (κ3) is 6.15. The quantitative estimate of drug-likeness (QED) is 0.443. The van der Waals surface area contributed by atoms with Crippen LogP contribution in [0.4, 0.5) is 5.69 Å². The maximum absolute atomic E-state index is 12.7. The number of likely N-dealkylation sites (tertiary alicyclic amines) is 1. The second kappa shape index (κ2) is 11.4. The van der Waals surface area contributed by atoms with Gasteiger partial charge in [0.15, 0.2) is 5.76 Å². The number of amides is 3. The summed E-state index contributed by atoms with van der Waals surface area (Å²) >= 11 is 5.93. The van der Waals surface area contributed by atoms with Gasteiger partial charge in [-0.2, -0.15) is 0 Å². The van der Waals surface area contributed by atoms with E-state index in [9.17, 15) is 14.4 Å². The molecule has 1 atom stereocenters. The monoisotopic (exact) mass is 507 g/mol. The molecule has 2 heterocycles. The van der Waals surface area contributed by atoms with Crippen LogP contribution in [0.3, 0.4) is 0 Å². The average molecular weight is 508 g/mol. The fourth-order valence-electron chi connectivity index (χ4n) is 4.50. The minimum absolute atomic E-state index is 0.0126. The Bertz CT molecular complexity index is 1210. The van der Waals surface area contributed by atoms with E-state index in [1.807, 2.05) is 48.2 Å². The van der Waals surface area contributed by atoms with Gasteiger partial charge in [-0.25, -0.2) is 0 Å². The molecule has 1 aliphatic heterocycles. The molecular weight excluding hydrogens is 478 g/mol. The molecule has 0 saturated carbocycles. The summed E-state index contributed by atoms with van der Waals surface area (Å²) in [7, 11) is 0. The van der Waals surface area contributed by atoms with Crippen LogP contribution in [0.5, 0.6) is 0 Å². The summed E-state index contributed by atoms with van der Waals surface area (Å²) in [5.74, 6) is 0.642. The van der Waals surface area contributed by atoms with Crippen molar-refractivity contribution < 1.29 is 18.8 Å². The van der Waals surface area contributed by atoms with E-state index >= 15 is 0 Å². The highest BCUT2D eigenvalue weighted by atomic mass is 35.5. The number of hydrogen-bond acceptors (Lipinski definition) is 4. The van der Waals surface area contributed by atoms with Crippen molar-refractivity contribution in [1.29, 1.82) is 0 Å². The van der Waals surface area contributed by atoms with E-state index in [1.54, 1.807) is 24.3 Å². The van der Waals surface area contributed by atoms with E-state index in [1.165, 1.54) is 12.5 Å². The Labute approximate surface area is 215 Å². The first-order valence-corrected chi connectivity index (χ1v) is 12.5. The minimum Gasteiger partial charge on any atom is -0.451 e. The lowest BCUT2D eigenvalue weighted by atomic mass is 9.89. The summed E-state index contributed by atoms with van der Waals surface area (Å²) in [5, 5.41) is 6.25. The van der Waals surface area contributed by atoms with Crippen molar-refractivity contribution in [2.75, 3.05) is 18.4 Å². The molecular formula is C28H30ClN3O4. The molecule has 1 aliphatic rings. The van der Waals surface area contributed by atoms with Gasteiger partial charge in [-0.05, 0) is 79.3 Å². The lowest BCUT2D eigenvalue weighted by molar-refractivity contribution is -0.137. The number of halogens is 1. The molecule has 2 aromatic carbocycles. The zero-order chi connectivity index (χ0) is 25.7. The molecule has 3 aromatic rings. The van der Waals surface area contributed by atoms with E-state index in [-0.39, 0.29) is 23.5 Å². The van der Waals surface area contributed by atoms with Crippen molar-refractivity contribution in [3.8, 4) is 11.3 Å². The number of piperidine rings is 1. The summed E-state index contributed by atoms with van der Waals surface area (Å²) < 4.78 is 5.73. The van der Waals surface area contributed by atoms with E-state index in [0.717, 1.165) is 18.4 Å². The number of nitrogens with zero attached hydrogens (tertiary/aromatic N) is 1. The summed E-state index contributed by atoms with van der Waals surface area (Å²) in [6.45, 7) is 4.65. The predicted molar refractivity (Wildman–Crippen MR) is 140 cm³/mol. The van der Waals surface area contributed by atoms with Crippen molar-refractivity contribution in [2.45, 2.75) is 45.1 Å². The minimum atomic E-state index is -0.460. The first kappa shape index (κ1) is 25.5. The maximum Gasteiger partial charge on any atom is 0.291 e. The Morgan fingerprint density at radius 1 is 1.00 bits per heavy atom. The lowest BCUT2D eigenvalue weighted by Crippen LogP contribution is -2.49. The van der Waals surface area contributed by atoms with E-state index in [0.29, 0.717) is 41.9 Å². The number of nitrogens with one attached hydrogen (secondary N) is 2. The normalized spacial score (nSPS) is 14.8. The van der Waals surface area contributed by atoms with Crippen molar-refractivity contribution in [3.63, 3.8) is 0 Å². The fourth-order valence-corrected chi connectivity index (χ4v) is 4.62. The van der Waals surface area contributed by atoms with Crippen LogP contribution < -0.4 is 10.6 Å². The molecule has 4 rings (SSSR count). The molecule has 1 fully saturated rings. The number of carbonyl (C=O) groups is 3. The maximum atomic E-state index is 12.7. The fraction of sp³-hybridized carbons (Fsp3) is 0.321. The van der Waals surface area contributed by atoms with Crippen molar-refractivity contribution >= 4 is 35.0 Å². The Kier molecular flexibility index (Phi) is 8.10. The van der Waals surface area contributed by atoms with E-state index in [2.05, 4.69) is 10.6 Å². The van der Waals surface area contributed by atoms with Crippen LogP contribution >= 0.6 is 11.6 Å². The van der Waals surface area contributed by atoms with Gasteiger partial charge in [0.1, 0.15) is 11.8 Å². The molecule has 0 aliphatic carbocycles. The van der Waals surface area contributed by atoms with Crippen LogP contribution in [0.2, 0.25) is 5.02 Å². The molecule has 1 aromatic heterocycles. The number of benzene rings is 2. The van der Waals surface area contributed by atoms with E-state index in [4.69, 9.17) is 16.0 Å². The van der Waals surface area contributed by atoms with Crippen LogP contribution in [0.15, 0.2) is 65.1 Å². The second-order valence-corrected chi connectivity index (χ2v) is 9.44. The van der Waals surface area contributed by atoms with Gasteiger partial charge < -0.3 is 20.0 Å². The Morgan fingerprint density at radius 3 is 2.28 bits per heavy atom. The summed E-state index contributed by atoms with van der Waals surface area (Å²) in [6.07, 6.45) is 2.29. The smallest absolute Gasteiger partial charge is 0.291 e. The van der Waals surface area contributed by atoms with Crippen molar-refractivity contribution in [1.82, 2.24) is 10.2 Å². The Morgan fingerprint density at radius 2 is 1.67 bits per heavy atom. The number of carbonyl (C=O) groups excluding carboxylic acids is 3. The van der Waals surface area contributed by atoms with Crippen molar-refractivity contribution in [3.05, 3.63) is 77.0 Å². The number of rotatable bonds is 7. The molecule has 1 saturated heterocycles. The highest BCUT2D eigenvalue weighted by molar-refractivity contribution is 6.30. The van der Waals surface area contributed by atoms with Gasteiger partial charge in [-0.3, -0.25) is 14.4 Å². The number of furan rings is 1. The number of anilines is 1. The molecule has 188 valence electrons. The molecule has 0 spiro atoms. The molecule has 8 heteroatoms. The Balaban J connectivity index is 1.31. The molecule has 3 amide bonds. The largest absolute Gasteiger partial charge is 0.451 e. The zero-order valence-electron chi connectivity index (χ0n) is 20.4. The topological polar surface area (TPSA) is 91.7 Å². The summed E-state index contributed by atoms with van der Waals surface area (Å²) in [4.78, 5) is 38.6. The SMILES string of the molecule is CCC(NC(C)=O)C(=O)N1CCC(c2ccc(NC(=O)c3ccc(-c4ccc(Cl)cc4)o3)cc2)CC1. The van der Waals surface area contributed by atoms with Crippen LogP contribution in [-0.4, -0.2) is 41.8 Å². The Hall–Kier alpha value is -3.58. The van der Waals surface area contributed by atoms with Gasteiger partial charge in [-0.15, -0.1) is 0 Å². The number of hydrogen-bond donors (Lipinski definition) is 2. The van der Waals surface area contributed by atoms with Crippen LogP contribution in [0.1, 0.15) is 55.1 Å². The highest BCUT2D eigenvalue weighted by Gasteiger charge is 2.28. The van der Waals surface area contributed by atoms with Gasteiger partial charge in [0.25, 0.3) is 5.91 Å². The zero-order valence-corrected chi connectivity index (χ0v) is 21.2. The molecule has 0 bridgehead atoms. The third-order valence-corrected chi connectivity index (χ3v) is 6.74. The summed E-state index contributed by atoms with van der Waals surface area (Å²) in [6, 6.07) is 18.0. The van der Waals surface area contributed by atoms with Crippen LogP contribution in [-0.2, 0) is 9.59 Å². The molecule has 2 N–H and O–H groups in total. The first-order chi connectivity index (χ1) is 17.3. The van der Waals surface area contributed by atoms with Gasteiger partial charge in [0.05, 0.1) is 0 Å². The van der Waals surface area contributed by atoms with E-state index < -0.39 is 6.04 Å². The predicted octanol–water partition coefficient (Wildman–Crippen LogP) is 5.47. The first-order valence-electron chi connectivity index (χ1n) is 12.2. The van der Waals surface area contributed by atoms with Crippen LogP contribution in [0.25, 0.3) is 11.3 Å². The average Bonchev–Trinajstić information content (AvgIpc) is 3.38. The highest BCUT2D eigenvalue weighted by Crippen LogP contribution is 2.30. The molecule has 1 unspecified atom stereocenters. The van der Waals surface area contributed by atoms with Crippen LogP contribution in [0, 0.1) is 0 Å².